The van der Waals surface area contributed by atoms with Gasteiger partial charge in [-0.25, -0.2) is 5.43 Å². The van der Waals surface area contributed by atoms with Crippen molar-refractivity contribution in [3.8, 4) is 0 Å². The van der Waals surface area contributed by atoms with Gasteiger partial charge in [-0.1, -0.05) is 6.42 Å². The summed E-state index contributed by atoms with van der Waals surface area (Å²) >= 11 is 0. The van der Waals surface area contributed by atoms with Crippen LogP contribution < -0.4 is 10.9 Å². The lowest BCUT2D eigenvalue weighted by Gasteiger charge is -2.09. The molecule has 1 amide bonds. The molecule has 4 nitrogen and oxygen atoms in total. The summed E-state index contributed by atoms with van der Waals surface area (Å²) in [6.07, 6.45) is 5.43. The van der Waals surface area contributed by atoms with Gasteiger partial charge in [0, 0.05) is 20.0 Å². The topological polar surface area (TPSA) is 44.4 Å². The monoisotopic (exact) mass is 213 g/mol. The number of nitrogens with one attached hydrogen (secondary N) is 2. The Balaban J connectivity index is 1.95. The number of nitrogens with zero attached hydrogens (tertiary/aromatic N) is 1. The van der Waals surface area contributed by atoms with Gasteiger partial charge >= 0.3 is 0 Å². The maximum absolute atomic E-state index is 11.1. The molecule has 1 aliphatic heterocycles. The van der Waals surface area contributed by atoms with E-state index in [2.05, 4.69) is 22.8 Å². The number of unbranched alkanes of at least 4 members (excludes halogenated alkanes) is 1. The van der Waals surface area contributed by atoms with Crippen LogP contribution >= 0.6 is 0 Å². The minimum absolute atomic E-state index is 0.0982. The summed E-state index contributed by atoms with van der Waals surface area (Å²) in [4.78, 5) is 13.5. The van der Waals surface area contributed by atoms with Crippen molar-refractivity contribution in [1.82, 2.24) is 15.8 Å². The number of carbonyl (C=O) groups is 1. The van der Waals surface area contributed by atoms with E-state index < -0.39 is 0 Å². The summed E-state index contributed by atoms with van der Waals surface area (Å²) in [5.74, 6) is 0.961. The second-order valence-electron chi connectivity index (χ2n) is 4.46. The van der Waals surface area contributed by atoms with Crippen LogP contribution in [0.3, 0.4) is 0 Å². The van der Waals surface area contributed by atoms with Gasteiger partial charge in [-0.2, -0.15) is 0 Å². The molecule has 0 spiro atoms. The second kappa shape index (κ2) is 6.80. The van der Waals surface area contributed by atoms with Crippen molar-refractivity contribution in [2.24, 2.45) is 5.92 Å². The average molecular weight is 213 g/mol. The molecule has 1 saturated heterocycles. The van der Waals surface area contributed by atoms with E-state index in [1.165, 1.54) is 32.4 Å². The molecular weight excluding hydrogens is 190 g/mol. The average Bonchev–Trinajstić information content (AvgIpc) is 2.60. The molecule has 0 aromatic rings. The van der Waals surface area contributed by atoms with Crippen LogP contribution in [0.2, 0.25) is 0 Å². The van der Waals surface area contributed by atoms with E-state index in [4.69, 9.17) is 0 Å². The molecule has 1 atom stereocenters. The van der Waals surface area contributed by atoms with Crippen molar-refractivity contribution in [2.45, 2.75) is 32.1 Å². The number of likely N-dealkylation sites (tertiary alicyclic amines) is 1. The molecule has 1 rings (SSSR count). The molecule has 0 aromatic carbocycles. The van der Waals surface area contributed by atoms with Crippen LogP contribution in [0.1, 0.15) is 32.1 Å². The fraction of sp³-hybridized carbons (Fsp3) is 0.909. The van der Waals surface area contributed by atoms with Crippen molar-refractivity contribution < 1.29 is 4.79 Å². The van der Waals surface area contributed by atoms with E-state index >= 15 is 0 Å². The lowest BCUT2D eigenvalue weighted by molar-refractivity contribution is -0.122. The molecule has 0 radical (unpaired) electrons. The van der Waals surface area contributed by atoms with Crippen LogP contribution in [-0.4, -0.2) is 38.0 Å². The second-order valence-corrected chi connectivity index (χ2v) is 4.46. The van der Waals surface area contributed by atoms with E-state index in [9.17, 15) is 4.79 Å². The lowest BCUT2D eigenvalue weighted by atomic mass is 10.0. The Labute approximate surface area is 92.4 Å². The first-order valence-corrected chi connectivity index (χ1v) is 5.86. The van der Waals surface area contributed by atoms with Crippen LogP contribution in [-0.2, 0) is 4.79 Å². The standard InChI is InChI=1S/C11H23N3O/c1-12-13-11(15)6-4-3-5-10-7-8-14(2)9-10/h10,12H,3-9H2,1-2H3,(H,13,15). The van der Waals surface area contributed by atoms with Crippen molar-refractivity contribution >= 4 is 5.91 Å². The third kappa shape index (κ3) is 5.14. The number of hydrogen-bond acceptors (Lipinski definition) is 3. The predicted molar refractivity (Wildman–Crippen MR) is 61.3 cm³/mol. The maximum atomic E-state index is 11.1. The number of carbonyl (C=O) groups excluding carboxylic acids is 1. The maximum Gasteiger partial charge on any atom is 0.234 e. The molecule has 0 aromatic heterocycles. The van der Waals surface area contributed by atoms with E-state index in [1.807, 2.05) is 0 Å². The fourth-order valence-electron chi connectivity index (χ4n) is 2.18. The number of hydrogen-bond donors (Lipinski definition) is 2. The third-order valence-electron chi connectivity index (χ3n) is 3.02. The first-order chi connectivity index (χ1) is 7.22. The number of rotatable bonds is 6. The normalized spacial score (nSPS) is 21.9. The van der Waals surface area contributed by atoms with Gasteiger partial charge in [0.25, 0.3) is 0 Å². The molecule has 0 saturated carbocycles. The van der Waals surface area contributed by atoms with Gasteiger partial charge in [-0.3, -0.25) is 10.2 Å². The Hall–Kier alpha value is -0.610. The van der Waals surface area contributed by atoms with Crippen molar-refractivity contribution in [3.63, 3.8) is 0 Å². The smallest absolute Gasteiger partial charge is 0.234 e. The summed E-state index contributed by atoms with van der Waals surface area (Å²) in [6, 6.07) is 0. The quantitative estimate of drug-likeness (QED) is 0.505. The van der Waals surface area contributed by atoms with E-state index in [0.717, 1.165) is 12.3 Å². The Morgan fingerprint density at radius 1 is 1.47 bits per heavy atom. The molecule has 1 aliphatic rings. The molecule has 0 aliphatic carbocycles. The Morgan fingerprint density at radius 3 is 2.87 bits per heavy atom. The lowest BCUT2D eigenvalue weighted by Crippen LogP contribution is -2.33. The molecule has 0 bridgehead atoms. The van der Waals surface area contributed by atoms with Gasteiger partial charge < -0.3 is 4.90 Å². The van der Waals surface area contributed by atoms with Gasteiger partial charge in [-0.05, 0) is 38.8 Å². The fourth-order valence-corrected chi connectivity index (χ4v) is 2.18. The molecule has 4 heteroatoms. The molecular formula is C11H23N3O. The minimum Gasteiger partial charge on any atom is -0.306 e. The van der Waals surface area contributed by atoms with Crippen molar-refractivity contribution in [3.05, 3.63) is 0 Å². The molecule has 2 N–H and O–H groups in total. The third-order valence-corrected chi connectivity index (χ3v) is 3.02. The van der Waals surface area contributed by atoms with Crippen LogP contribution in [0.15, 0.2) is 0 Å². The van der Waals surface area contributed by atoms with Crippen LogP contribution in [0.25, 0.3) is 0 Å². The molecule has 15 heavy (non-hydrogen) atoms. The van der Waals surface area contributed by atoms with Gasteiger partial charge in [0.05, 0.1) is 0 Å². The molecule has 1 unspecified atom stereocenters. The van der Waals surface area contributed by atoms with E-state index in [-0.39, 0.29) is 5.91 Å². The largest absolute Gasteiger partial charge is 0.306 e. The Bertz CT molecular complexity index is 196. The van der Waals surface area contributed by atoms with Crippen LogP contribution in [0, 0.1) is 5.92 Å². The molecule has 1 heterocycles. The summed E-state index contributed by atoms with van der Waals surface area (Å²) in [7, 11) is 3.90. The molecule has 88 valence electrons. The zero-order chi connectivity index (χ0) is 11.1. The number of hydrazine groups is 1. The van der Waals surface area contributed by atoms with Gasteiger partial charge in [-0.15, -0.1) is 0 Å². The highest BCUT2D eigenvalue weighted by Crippen LogP contribution is 2.20. The van der Waals surface area contributed by atoms with Crippen LogP contribution in [0.5, 0.6) is 0 Å². The summed E-state index contributed by atoms with van der Waals surface area (Å²) in [5.41, 5.74) is 5.23. The van der Waals surface area contributed by atoms with Gasteiger partial charge in [0.1, 0.15) is 0 Å². The van der Waals surface area contributed by atoms with E-state index in [0.29, 0.717) is 6.42 Å². The minimum atomic E-state index is 0.0982. The Kier molecular flexibility index (Phi) is 5.65. The van der Waals surface area contributed by atoms with Gasteiger partial charge in [0.15, 0.2) is 0 Å². The predicted octanol–water partition coefficient (Wildman–Crippen LogP) is 0.749. The number of amides is 1. The SMILES string of the molecule is CNNC(=O)CCCCC1CCN(C)C1. The van der Waals surface area contributed by atoms with E-state index in [1.54, 1.807) is 7.05 Å². The highest BCUT2D eigenvalue weighted by Gasteiger charge is 2.18. The summed E-state index contributed by atoms with van der Waals surface area (Å²) in [5, 5.41) is 0. The first kappa shape index (κ1) is 12.5. The molecule has 1 fully saturated rings. The zero-order valence-electron chi connectivity index (χ0n) is 9.88. The van der Waals surface area contributed by atoms with Gasteiger partial charge in [0.2, 0.25) is 5.91 Å². The first-order valence-electron chi connectivity index (χ1n) is 5.86. The van der Waals surface area contributed by atoms with Crippen molar-refractivity contribution in [1.29, 1.82) is 0 Å². The zero-order valence-corrected chi connectivity index (χ0v) is 9.88. The highest BCUT2D eigenvalue weighted by molar-refractivity contribution is 5.75. The summed E-state index contributed by atoms with van der Waals surface area (Å²) in [6.45, 7) is 2.48. The summed E-state index contributed by atoms with van der Waals surface area (Å²) < 4.78 is 0. The van der Waals surface area contributed by atoms with Crippen molar-refractivity contribution in [2.75, 3.05) is 27.2 Å². The van der Waals surface area contributed by atoms with Crippen LogP contribution in [0.4, 0.5) is 0 Å². The Morgan fingerprint density at radius 2 is 2.27 bits per heavy atom. The highest BCUT2D eigenvalue weighted by atomic mass is 16.2.